The monoisotopic (exact) mass is 318 g/mol. The van der Waals surface area contributed by atoms with Crippen molar-refractivity contribution in [2.75, 3.05) is 28.3 Å². The number of nitrogens with zero attached hydrogens (tertiary/aromatic N) is 3. The number of rotatable bonds is 5. The second-order valence-corrected chi connectivity index (χ2v) is 4.75. The molecule has 8 heteroatoms. The van der Waals surface area contributed by atoms with Crippen LogP contribution in [-0.2, 0) is 4.79 Å². The van der Waals surface area contributed by atoms with Gasteiger partial charge in [0.15, 0.2) is 0 Å². The predicted octanol–water partition coefficient (Wildman–Crippen LogP) is 0.177. The summed E-state index contributed by atoms with van der Waals surface area (Å²) in [5, 5.41) is 2.55. The molecule has 1 aromatic heterocycles. The Hall–Kier alpha value is -2.90. The summed E-state index contributed by atoms with van der Waals surface area (Å²) in [4.78, 5) is 34.6. The van der Waals surface area contributed by atoms with Gasteiger partial charge in [0.2, 0.25) is 29.3 Å². The highest BCUT2D eigenvalue weighted by molar-refractivity contribution is 6.11. The van der Waals surface area contributed by atoms with Crippen molar-refractivity contribution >= 4 is 11.7 Å². The highest BCUT2D eigenvalue weighted by atomic mass is 16.5. The van der Waals surface area contributed by atoms with Crippen molar-refractivity contribution in [3.63, 3.8) is 0 Å². The van der Waals surface area contributed by atoms with Gasteiger partial charge in [0, 0.05) is 19.7 Å². The Morgan fingerprint density at radius 3 is 2.35 bits per heavy atom. The van der Waals surface area contributed by atoms with Crippen LogP contribution < -0.4 is 14.8 Å². The molecule has 0 saturated heterocycles. The Morgan fingerprint density at radius 2 is 1.83 bits per heavy atom. The maximum absolute atomic E-state index is 12.8. The Balaban J connectivity index is 2.44. The summed E-state index contributed by atoms with van der Waals surface area (Å²) >= 11 is 0. The van der Waals surface area contributed by atoms with E-state index in [1.807, 2.05) is 0 Å². The van der Waals surface area contributed by atoms with Crippen LogP contribution >= 0.6 is 0 Å². The van der Waals surface area contributed by atoms with Crippen molar-refractivity contribution in [3.8, 4) is 11.8 Å². The molecule has 0 bridgehead atoms. The van der Waals surface area contributed by atoms with Crippen LogP contribution in [0, 0.1) is 0 Å². The van der Waals surface area contributed by atoms with Crippen LogP contribution in [-0.4, -0.2) is 60.9 Å². The number of ketones is 1. The van der Waals surface area contributed by atoms with Crippen LogP contribution in [0.15, 0.2) is 30.0 Å². The normalized spacial score (nSPS) is 16.6. The minimum Gasteiger partial charge on any atom is -0.481 e. The number of hydrogen-bond acceptors (Lipinski definition) is 7. The Bertz CT molecular complexity index is 662. The molecule has 1 atom stereocenters. The zero-order valence-electron chi connectivity index (χ0n) is 13.4. The molecule has 8 nitrogen and oxygen atoms in total. The van der Waals surface area contributed by atoms with Gasteiger partial charge in [0.05, 0.1) is 20.3 Å². The van der Waals surface area contributed by atoms with Gasteiger partial charge >= 0.3 is 0 Å². The second kappa shape index (κ2) is 6.91. The van der Waals surface area contributed by atoms with Gasteiger partial charge in [-0.15, -0.1) is 0 Å². The van der Waals surface area contributed by atoms with Crippen molar-refractivity contribution in [3.05, 3.63) is 35.8 Å². The van der Waals surface area contributed by atoms with Crippen molar-refractivity contribution in [2.24, 2.45) is 0 Å². The first-order chi connectivity index (χ1) is 11.0. The van der Waals surface area contributed by atoms with Crippen LogP contribution in [0.5, 0.6) is 11.8 Å². The van der Waals surface area contributed by atoms with E-state index in [1.54, 1.807) is 30.3 Å². The first kappa shape index (κ1) is 16.5. The molecule has 0 fully saturated rings. The van der Waals surface area contributed by atoms with Gasteiger partial charge in [-0.3, -0.25) is 9.59 Å². The van der Waals surface area contributed by atoms with Crippen LogP contribution in [0.3, 0.4) is 0 Å². The molecule has 0 aromatic carbocycles. The Morgan fingerprint density at radius 1 is 1.22 bits per heavy atom. The lowest BCUT2D eigenvalue weighted by Gasteiger charge is -2.29. The summed E-state index contributed by atoms with van der Waals surface area (Å²) < 4.78 is 10.1. The molecular weight excluding hydrogens is 300 g/mol. The number of carbonyl (C=O) groups is 2. The third kappa shape index (κ3) is 3.31. The molecule has 1 N–H and O–H groups in total. The van der Waals surface area contributed by atoms with Gasteiger partial charge in [0.1, 0.15) is 6.04 Å². The van der Waals surface area contributed by atoms with Crippen molar-refractivity contribution < 1.29 is 19.1 Å². The lowest BCUT2D eigenvalue weighted by molar-refractivity contribution is -0.123. The number of carbonyl (C=O) groups excluding carboxylic acids is 2. The summed E-state index contributed by atoms with van der Waals surface area (Å²) in [6, 6.07) is 0.715. The van der Waals surface area contributed by atoms with Gasteiger partial charge < -0.3 is 19.7 Å². The van der Waals surface area contributed by atoms with Crippen LogP contribution in [0.4, 0.5) is 0 Å². The maximum atomic E-state index is 12.8. The highest BCUT2D eigenvalue weighted by Gasteiger charge is 2.33. The number of aromatic nitrogens is 2. The minimum atomic E-state index is -0.752. The fraction of sp³-hybridized carbons (Fsp3) is 0.333. The Kier molecular flexibility index (Phi) is 4.95. The van der Waals surface area contributed by atoms with Gasteiger partial charge in [-0.1, -0.05) is 6.08 Å². The molecule has 2 rings (SSSR count). The molecule has 0 saturated carbocycles. The summed E-state index contributed by atoms with van der Waals surface area (Å²) in [6.07, 6.45) is 4.98. The average Bonchev–Trinajstić information content (AvgIpc) is 2.59. The lowest BCUT2D eigenvalue weighted by atomic mass is 9.97. The van der Waals surface area contributed by atoms with Crippen molar-refractivity contribution in [1.29, 1.82) is 0 Å². The zero-order valence-corrected chi connectivity index (χ0v) is 13.4. The average molecular weight is 318 g/mol. The molecule has 1 aromatic rings. The molecule has 0 radical (unpaired) electrons. The molecule has 0 aliphatic carbocycles. The SMILES string of the molecule is CNC(=O)C1C(C(=O)c2nc(OC)cc(OC)n2)=CC=CN1C. The molecule has 122 valence electrons. The minimum absolute atomic E-state index is 0.0925. The van der Waals surface area contributed by atoms with Gasteiger partial charge in [-0.05, 0) is 12.3 Å². The number of amides is 1. The van der Waals surface area contributed by atoms with E-state index in [0.717, 1.165) is 0 Å². The van der Waals surface area contributed by atoms with E-state index in [0.29, 0.717) is 0 Å². The van der Waals surface area contributed by atoms with E-state index in [4.69, 9.17) is 9.47 Å². The van der Waals surface area contributed by atoms with Gasteiger partial charge in [-0.2, -0.15) is 9.97 Å². The lowest BCUT2D eigenvalue weighted by Crippen LogP contribution is -2.45. The van der Waals surface area contributed by atoms with E-state index in [1.165, 1.54) is 27.3 Å². The third-order valence-electron chi connectivity index (χ3n) is 3.36. The van der Waals surface area contributed by atoms with Gasteiger partial charge in [-0.25, -0.2) is 0 Å². The number of likely N-dealkylation sites (N-methyl/N-ethyl adjacent to an activating group) is 2. The largest absolute Gasteiger partial charge is 0.481 e. The molecule has 0 spiro atoms. The van der Waals surface area contributed by atoms with E-state index < -0.39 is 11.8 Å². The molecule has 23 heavy (non-hydrogen) atoms. The van der Waals surface area contributed by atoms with E-state index in [2.05, 4.69) is 15.3 Å². The number of hydrogen-bond donors (Lipinski definition) is 1. The van der Waals surface area contributed by atoms with Crippen LogP contribution in [0.25, 0.3) is 0 Å². The van der Waals surface area contributed by atoms with Crippen molar-refractivity contribution in [2.45, 2.75) is 6.04 Å². The quantitative estimate of drug-likeness (QED) is 0.774. The summed E-state index contributed by atoms with van der Waals surface area (Å²) in [6.45, 7) is 0. The van der Waals surface area contributed by atoms with E-state index in [-0.39, 0.29) is 29.1 Å². The summed E-state index contributed by atoms with van der Waals surface area (Å²) in [5.41, 5.74) is 0.268. The molecule has 1 amide bonds. The predicted molar refractivity (Wildman–Crippen MR) is 82.3 cm³/mol. The maximum Gasteiger partial charge on any atom is 0.247 e. The van der Waals surface area contributed by atoms with Gasteiger partial charge in [0.25, 0.3) is 0 Å². The smallest absolute Gasteiger partial charge is 0.247 e. The summed E-state index contributed by atoms with van der Waals surface area (Å²) in [5.74, 6) is -0.447. The second-order valence-electron chi connectivity index (χ2n) is 4.75. The zero-order chi connectivity index (χ0) is 17.0. The third-order valence-corrected chi connectivity index (χ3v) is 3.36. The first-order valence-corrected chi connectivity index (χ1v) is 6.85. The molecule has 1 unspecified atom stereocenters. The van der Waals surface area contributed by atoms with Crippen LogP contribution in [0.1, 0.15) is 10.6 Å². The topological polar surface area (TPSA) is 93.7 Å². The number of Topliss-reactive ketones (excluding diaryl/α,β-unsaturated/α-hetero) is 1. The number of methoxy groups -OCH3 is 2. The standard InChI is InChI=1S/C15H18N4O4/c1-16-15(21)12-9(6-5-7-19(12)2)13(20)14-17-10(22-3)8-11(18-14)23-4/h5-8,12H,1-4H3,(H,16,21). The van der Waals surface area contributed by atoms with E-state index >= 15 is 0 Å². The number of nitrogens with one attached hydrogen (secondary N) is 1. The number of ether oxygens (including phenoxy) is 2. The molecular formula is C15H18N4O4. The number of allylic oxidation sites excluding steroid dienone is 2. The van der Waals surface area contributed by atoms with Crippen LogP contribution in [0.2, 0.25) is 0 Å². The molecule has 1 aliphatic heterocycles. The van der Waals surface area contributed by atoms with E-state index in [9.17, 15) is 9.59 Å². The first-order valence-electron chi connectivity index (χ1n) is 6.85. The highest BCUT2D eigenvalue weighted by Crippen LogP contribution is 2.21. The van der Waals surface area contributed by atoms with Crippen molar-refractivity contribution in [1.82, 2.24) is 20.2 Å². The fourth-order valence-electron chi connectivity index (χ4n) is 2.19. The molecule has 2 heterocycles. The molecule has 1 aliphatic rings. The summed E-state index contributed by atoms with van der Waals surface area (Å²) in [7, 11) is 6.09. The Labute approximate surface area is 133 Å². The fourth-order valence-corrected chi connectivity index (χ4v) is 2.19.